The lowest BCUT2D eigenvalue weighted by atomic mass is 9.58. The zero-order valence-corrected chi connectivity index (χ0v) is 38.6. The van der Waals surface area contributed by atoms with E-state index >= 15 is 0 Å². The van der Waals surface area contributed by atoms with Crippen LogP contribution in [0.3, 0.4) is 0 Å². The number of nitrogens with zero attached hydrogens (tertiary/aromatic N) is 1. The molecule has 0 fully saturated rings. The predicted octanol–water partition coefficient (Wildman–Crippen LogP) is 15.3. The Bertz CT molecular complexity index is 3520. The summed E-state index contributed by atoms with van der Waals surface area (Å²) in [6.07, 6.45) is 4.88. The lowest BCUT2D eigenvalue weighted by Gasteiger charge is -2.27. The van der Waals surface area contributed by atoms with E-state index in [9.17, 15) is 0 Å². The number of thiophene rings is 1. The minimum absolute atomic E-state index is 0.00590. The smallest absolute Gasteiger partial charge is 0.198 e. The van der Waals surface area contributed by atoms with E-state index in [4.69, 9.17) is 0 Å². The molecular formula is C60H53BN2S. The second kappa shape index (κ2) is 14.6. The van der Waals surface area contributed by atoms with Crippen LogP contribution in [-0.2, 0) is 17.3 Å². The Morgan fingerprint density at radius 2 is 1.39 bits per heavy atom. The Balaban J connectivity index is 1.15. The fourth-order valence-electron chi connectivity index (χ4n) is 11.2. The van der Waals surface area contributed by atoms with Gasteiger partial charge < -0.3 is 9.88 Å². The maximum atomic E-state index is 3.92. The van der Waals surface area contributed by atoms with E-state index in [-0.39, 0.29) is 10.8 Å². The molecule has 0 amide bonds. The third-order valence-corrected chi connectivity index (χ3v) is 15.7. The summed E-state index contributed by atoms with van der Waals surface area (Å²) in [6.45, 7) is 14.1. The fraction of sp³-hybridized carbons (Fsp3) is 0.200. The molecule has 64 heavy (non-hydrogen) atoms. The SMILES string of the molecule is CCCCCc1ccc(Nc2ccccc2-c2cc(-c3ccc4c(c3)sc3ccccc34)c3c4cc(C(C)(C)C)ccc4n4c3c2Bc2cc3c(cc2-4)-c2ccccc2C3(C)C)cc1. The van der Waals surface area contributed by atoms with Crippen molar-refractivity contribution >= 4 is 82.9 Å². The van der Waals surface area contributed by atoms with Crippen LogP contribution in [0.4, 0.5) is 11.4 Å². The van der Waals surface area contributed by atoms with Gasteiger partial charge in [0.05, 0.1) is 5.52 Å². The quantitative estimate of drug-likeness (QED) is 0.119. The third kappa shape index (κ3) is 6.06. The number of benzene rings is 8. The van der Waals surface area contributed by atoms with Crippen LogP contribution in [-0.4, -0.2) is 11.8 Å². The molecule has 2 nitrogen and oxygen atoms in total. The lowest BCUT2D eigenvalue weighted by Crippen LogP contribution is -2.38. The Morgan fingerprint density at radius 1 is 0.625 bits per heavy atom. The molecule has 0 spiro atoms. The highest BCUT2D eigenvalue weighted by atomic mass is 32.1. The average molecular weight is 845 g/mol. The highest BCUT2D eigenvalue weighted by Crippen LogP contribution is 2.51. The van der Waals surface area contributed by atoms with Crippen LogP contribution >= 0.6 is 11.3 Å². The van der Waals surface area contributed by atoms with E-state index in [1.54, 1.807) is 0 Å². The standard InChI is InChI=1S/C60H53BN2S/c1-7-8-9-16-36-23-27-39(28-24-36)62-51-21-14-11-18-41(51)46-33-44(37-25-29-43-42-19-12-15-22-54(42)64-55(43)31-37)56-47-32-38(59(2,3)4)26-30-52(47)63-53-34-45-40-17-10-13-20-48(40)60(5,6)49(45)35-50(53)61-57(46)58(56)63/h10-15,17-35,61-62H,7-9,16H2,1-6H3. The molecule has 1 N–H and O–H groups in total. The van der Waals surface area contributed by atoms with Crippen LogP contribution in [0.5, 0.6) is 0 Å². The van der Waals surface area contributed by atoms with Gasteiger partial charge in [-0.2, -0.15) is 0 Å². The Kier molecular flexibility index (Phi) is 8.95. The molecule has 12 rings (SSSR count). The molecule has 0 bridgehead atoms. The third-order valence-electron chi connectivity index (χ3n) is 14.6. The van der Waals surface area contributed by atoms with Gasteiger partial charge in [0.1, 0.15) is 0 Å². The Morgan fingerprint density at radius 3 is 2.22 bits per heavy atom. The van der Waals surface area contributed by atoms with Gasteiger partial charge in [-0.3, -0.25) is 0 Å². The monoisotopic (exact) mass is 844 g/mol. The number of hydrogen-bond acceptors (Lipinski definition) is 2. The van der Waals surface area contributed by atoms with Crippen LogP contribution in [0.25, 0.3) is 81.0 Å². The summed E-state index contributed by atoms with van der Waals surface area (Å²) < 4.78 is 5.31. The van der Waals surface area contributed by atoms with E-state index in [1.165, 1.54) is 133 Å². The number of hydrogen-bond donors (Lipinski definition) is 1. The van der Waals surface area contributed by atoms with E-state index < -0.39 is 0 Å². The molecule has 0 radical (unpaired) electrons. The summed E-state index contributed by atoms with van der Waals surface area (Å²) >= 11 is 1.90. The van der Waals surface area contributed by atoms with Crippen molar-refractivity contribution in [1.29, 1.82) is 0 Å². The van der Waals surface area contributed by atoms with Crippen LogP contribution in [0, 0.1) is 0 Å². The second-order valence-corrected chi connectivity index (χ2v) is 21.1. The maximum absolute atomic E-state index is 3.92. The first-order valence-corrected chi connectivity index (χ1v) is 24.2. The summed E-state index contributed by atoms with van der Waals surface area (Å²) in [6, 6.07) is 58.2. The van der Waals surface area contributed by atoms with Crippen LogP contribution in [0.15, 0.2) is 152 Å². The molecule has 4 heteroatoms. The summed E-state index contributed by atoms with van der Waals surface area (Å²) in [5, 5.41) is 9.24. The van der Waals surface area contributed by atoms with Crippen LogP contribution < -0.4 is 16.2 Å². The minimum atomic E-state index is -0.0864. The van der Waals surface area contributed by atoms with Crippen molar-refractivity contribution in [3.05, 3.63) is 174 Å². The normalized spacial score (nSPS) is 13.7. The fourth-order valence-corrected chi connectivity index (χ4v) is 12.3. The van der Waals surface area contributed by atoms with E-state index in [0.29, 0.717) is 0 Å². The molecule has 2 aromatic heterocycles. The molecule has 3 heterocycles. The van der Waals surface area contributed by atoms with Crippen molar-refractivity contribution in [2.45, 2.75) is 78.1 Å². The zero-order chi connectivity index (χ0) is 43.5. The first-order valence-electron chi connectivity index (χ1n) is 23.4. The minimum Gasteiger partial charge on any atom is -0.355 e. The summed E-state index contributed by atoms with van der Waals surface area (Å²) in [5.41, 5.74) is 22.2. The number of unbranched alkanes of at least 4 members (excludes halogenated alkanes) is 2. The van der Waals surface area contributed by atoms with Crippen LogP contribution in [0.2, 0.25) is 0 Å². The number of aryl methyl sites for hydroxylation is 1. The first-order chi connectivity index (χ1) is 31.1. The van der Waals surface area contributed by atoms with Gasteiger partial charge in [0.25, 0.3) is 0 Å². The van der Waals surface area contributed by atoms with Gasteiger partial charge in [-0.15, -0.1) is 11.3 Å². The number of fused-ring (bicyclic) bond motifs is 11. The van der Waals surface area contributed by atoms with Gasteiger partial charge in [-0.1, -0.05) is 157 Å². The molecule has 0 saturated carbocycles. The summed E-state index contributed by atoms with van der Waals surface area (Å²) in [4.78, 5) is 0. The number of aromatic nitrogens is 1. The van der Waals surface area contributed by atoms with Crippen molar-refractivity contribution in [1.82, 2.24) is 4.57 Å². The first kappa shape index (κ1) is 39.3. The molecule has 1 aliphatic carbocycles. The highest BCUT2D eigenvalue weighted by molar-refractivity contribution is 7.25. The molecule has 2 aliphatic rings. The largest absolute Gasteiger partial charge is 0.355 e. The molecule has 0 saturated heterocycles. The summed E-state index contributed by atoms with van der Waals surface area (Å²) in [5.74, 6) is 0. The molecule has 1 aliphatic heterocycles. The van der Waals surface area contributed by atoms with Crippen molar-refractivity contribution in [2.75, 3.05) is 5.32 Å². The van der Waals surface area contributed by atoms with Crippen molar-refractivity contribution in [3.8, 4) is 39.1 Å². The lowest BCUT2D eigenvalue weighted by molar-refractivity contribution is 0.591. The number of para-hydroxylation sites is 1. The van der Waals surface area contributed by atoms with E-state index in [2.05, 4.69) is 203 Å². The van der Waals surface area contributed by atoms with Gasteiger partial charge in [-0.25, -0.2) is 0 Å². The van der Waals surface area contributed by atoms with E-state index in [1.807, 2.05) is 11.3 Å². The van der Waals surface area contributed by atoms with E-state index in [0.717, 1.165) is 25.1 Å². The van der Waals surface area contributed by atoms with Gasteiger partial charge in [0, 0.05) is 64.5 Å². The Hall–Kier alpha value is -6.36. The molecule has 10 aromatic rings. The number of nitrogens with one attached hydrogen (secondary N) is 1. The molecule has 8 aromatic carbocycles. The van der Waals surface area contributed by atoms with Gasteiger partial charge in [-0.05, 0) is 128 Å². The average Bonchev–Trinajstić information content (AvgIpc) is 3.92. The van der Waals surface area contributed by atoms with Crippen LogP contribution in [0.1, 0.15) is 83.1 Å². The van der Waals surface area contributed by atoms with Crippen molar-refractivity contribution in [3.63, 3.8) is 0 Å². The number of anilines is 2. The highest BCUT2D eigenvalue weighted by Gasteiger charge is 2.38. The van der Waals surface area contributed by atoms with Crippen molar-refractivity contribution in [2.24, 2.45) is 0 Å². The van der Waals surface area contributed by atoms with Crippen molar-refractivity contribution < 1.29 is 0 Å². The molecule has 0 unspecified atom stereocenters. The molecule has 0 atom stereocenters. The molecular weight excluding hydrogens is 792 g/mol. The number of rotatable bonds is 8. The topological polar surface area (TPSA) is 17.0 Å². The maximum Gasteiger partial charge on any atom is 0.198 e. The zero-order valence-electron chi connectivity index (χ0n) is 37.8. The van der Waals surface area contributed by atoms with Gasteiger partial charge in [0.15, 0.2) is 7.28 Å². The Labute approximate surface area is 381 Å². The summed E-state index contributed by atoms with van der Waals surface area (Å²) in [7, 11) is 0.847. The predicted molar refractivity (Wildman–Crippen MR) is 280 cm³/mol. The van der Waals surface area contributed by atoms with Gasteiger partial charge in [0.2, 0.25) is 0 Å². The molecule has 312 valence electrons. The second-order valence-electron chi connectivity index (χ2n) is 20.0. The van der Waals surface area contributed by atoms with Gasteiger partial charge >= 0.3 is 0 Å².